The number of anilines is 3. The summed E-state index contributed by atoms with van der Waals surface area (Å²) >= 11 is 0. The van der Waals surface area contributed by atoms with E-state index >= 15 is 0 Å². The molecule has 154 valence electrons. The number of ether oxygens (including phenoxy) is 1. The monoisotopic (exact) mass is 399 g/mol. The van der Waals surface area contributed by atoms with Crippen LogP contribution in [0.3, 0.4) is 0 Å². The van der Waals surface area contributed by atoms with Gasteiger partial charge in [0.1, 0.15) is 5.75 Å². The maximum absolute atomic E-state index is 5.26. The molecular weight excluding hydrogens is 370 g/mol. The summed E-state index contributed by atoms with van der Waals surface area (Å²) in [6.07, 6.45) is 0.829. The molecule has 30 heavy (non-hydrogen) atoms. The van der Waals surface area contributed by atoms with Crippen LogP contribution in [-0.4, -0.2) is 33.3 Å². The van der Waals surface area contributed by atoms with Crippen molar-refractivity contribution < 1.29 is 4.74 Å². The van der Waals surface area contributed by atoms with Gasteiger partial charge >= 0.3 is 0 Å². The molecule has 1 saturated heterocycles. The minimum absolute atomic E-state index is 0.829. The molecule has 0 aliphatic carbocycles. The second-order valence-electron chi connectivity index (χ2n) is 7.61. The van der Waals surface area contributed by atoms with Crippen molar-refractivity contribution in [1.29, 1.82) is 0 Å². The summed E-state index contributed by atoms with van der Waals surface area (Å²) in [7, 11) is 1.70. The van der Waals surface area contributed by atoms with Crippen molar-refractivity contribution in [3.8, 4) is 5.75 Å². The second-order valence-corrected chi connectivity index (χ2v) is 7.61. The molecule has 3 aromatic carbocycles. The zero-order valence-corrected chi connectivity index (χ0v) is 17.6. The van der Waals surface area contributed by atoms with Crippen molar-refractivity contribution in [2.45, 2.75) is 6.42 Å². The van der Waals surface area contributed by atoms with Crippen molar-refractivity contribution in [3.05, 3.63) is 96.7 Å². The quantitative estimate of drug-likeness (QED) is 0.592. The van der Waals surface area contributed by atoms with Crippen LogP contribution in [0.15, 0.2) is 91.1 Å². The molecule has 1 aliphatic rings. The highest BCUT2D eigenvalue weighted by atomic mass is 16.5. The molecule has 0 radical (unpaired) electrons. The molecule has 1 N–H and O–H groups in total. The number of hydrogen-bond donors (Lipinski definition) is 1. The standard InChI is InChI=1S/C26H29N3O/c1-21(20-22-6-4-3-5-7-22)27-23-8-10-24(11-9-23)28-16-18-29(19-17-28)25-12-14-26(30-2)15-13-25/h3-15,27H,1,16-20H2,2H3. The number of nitrogens with zero attached hydrogens (tertiary/aromatic N) is 2. The van der Waals surface area contributed by atoms with Crippen molar-refractivity contribution in [2.24, 2.45) is 0 Å². The summed E-state index contributed by atoms with van der Waals surface area (Å²) in [5, 5.41) is 3.43. The molecule has 1 aliphatic heterocycles. The van der Waals surface area contributed by atoms with E-state index in [2.05, 4.69) is 82.4 Å². The van der Waals surface area contributed by atoms with Crippen LogP contribution >= 0.6 is 0 Å². The molecule has 0 aromatic heterocycles. The average Bonchev–Trinajstić information content (AvgIpc) is 2.80. The number of allylic oxidation sites excluding steroid dienone is 1. The highest BCUT2D eigenvalue weighted by molar-refractivity contribution is 5.58. The Morgan fingerprint density at radius 1 is 0.800 bits per heavy atom. The van der Waals surface area contributed by atoms with Crippen LogP contribution in [0.5, 0.6) is 5.75 Å². The Morgan fingerprint density at radius 3 is 1.87 bits per heavy atom. The maximum Gasteiger partial charge on any atom is 0.119 e. The lowest BCUT2D eigenvalue weighted by Gasteiger charge is -2.37. The third-order valence-electron chi connectivity index (χ3n) is 5.53. The van der Waals surface area contributed by atoms with E-state index in [4.69, 9.17) is 4.74 Å². The van der Waals surface area contributed by atoms with E-state index in [9.17, 15) is 0 Å². The first kappa shape index (κ1) is 19.9. The summed E-state index contributed by atoms with van der Waals surface area (Å²) in [5.74, 6) is 0.900. The van der Waals surface area contributed by atoms with E-state index in [-0.39, 0.29) is 0 Å². The van der Waals surface area contributed by atoms with Gasteiger partial charge in [-0.05, 0) is 54.1 Å². The molecule has 0 saturated carbocycles. The summed E-state index contributed by atoms with van der Waals surface area (Å²) in [4.78, 5) is 4.88. The molecule has 0 amide bonds. The fourth-order valence-electron chi connectivity index (χ4n) is 3.86. The Hall–Kier alpha value is -3.40. The molecule has 3 aromatic rings. The Labute approximate surface area is 179 Å². The normalized spacial score (nSPS) is 13.8. The van der Waals surface area contributed by atoms with Crippen LogP contribution < -0.4 is 19.9 Å². The van der Waals surface area contributed by atoms with Gasteiger partial charge in [-0.1, -0.05) is 36.9 Å². The summed E-state index contributed by atoms with van der Waals surface area (Å²) < 4.78 is 5.26. The first-order valence-corrected chi connectivity index (χ1v) is 10.4. The van der Waals surface area contributed by atoms with Crippen LogP contribution in [0.2, 0.25) is 0 Å². The van der Waals surface area contributed by atoms with Crippen molar-refractivity contribution in [2.75, 3.05) is 48.4 Å². The highest BCUT2D eigenvalue weighted by Gasteiger charge is 2.17. The number of hydrogen-bond acceptors (Lipinski definition) is 4. The minimum atomic E-state index is 0.829. The van der Waals surface area contributed by atoms with Gasteiger partial charge in [0.25, 0.3) is 0 Å². The predicted molar refractivity (Wildman–Crippen MR) is 127 cm³/mol. The molecule has 1 heterocycles. The van der Waals surface area contributed by atoms with Gasteiger partial charge in [0.2, 0.25) is 0 Å². The Bertz CT molecular complexity index is 944. The number of benzene rings is 3. The van der Waals surface area contributed by atoms with Crippen LogP contribution in [-0.2, 0) is 6.42 Å². The lowest BCUT2D eigenvalue weighted by atomic mass is 10.1. The fourth-order valence-corrected chi connectivity index (χ4v) is 3.86. The van der Waals surface area contributed by atoms with Gasteiger partial charge in [-0.15, -0.1) is 0 Å². The zero-order valence-electron chi connectivity index (χ0n) is 17.6. The third-order valence-corrected chi connectivity index (χ3v) is 5.53. The summed E-state index contributed by atoms with van der Waals surface area (Å²) in [6.45, 7) is 8.23. The first-order chi connectivity index (χ1) is 14.7. The van der Waals surface area contributed by atoms with E-state index in [1.54, 1.807) is 7.11 Å². The second kappa shape index (κ2) is 9.40. The predicted octanol–water partition coefficient (Wildman–Crippen LogP) is 5.19. The lowest BCUT2D eigenvalue weighted by molar-refractivity contribution is 0.415. The van der Waals surface area contributed by atoms with Gasteiger partial charge in [0, 0.05) is 55.4 Å². The van der Waals surface area contributed by atoms with Gasteiger partial charge in [-0.2, -0.15) is 0 Å². The zero-order chi connectivity index (χ0) is 20.8. The van der Waals surface area contributed by atoms with Crippen LogP contribution in [0, 0.1) is 0 Å². The maximum atomic E-state index is 5.26. The Morgan fingerprint density at radius 2 is 1.33 bits per heavy atom. The topological polar surface area (TPSA) is 27.7 Å². The van der Waals surface area contributed by atoms with E-state index < -0.39 is 0 Å². The Balaban J connectivity index is 1.29. The van der Waals surface area contributed by atoms with Crippen LogP contribution in [0.1, 0.15) is 5.56 Å². The van der Waals surface area contributed by atoms with Gasteiger partial charge in [-0.3, -0.25) is 0 Å². The molecule has 1 fully saturated rings. The summed E-state index contributed by atoms with van der Waals surface area (Å²) in [6, 6.07) is 27.4. The number of methoxy groups -OCH3 is 1. The molecular formula is C26H29N3O. The summed E-state index contributed by atoms with van der Waals surface area (Å²) in [5.41, 5.74) is 5.87. The van der Waals surface area contributed by atoms with Crippen LogP contribution in [0.4, 0.5) is 17.1 Å². The number of rotatable bonds is 7. The number of piperazine rings is 1. The smallest absolute Gasteiger partial charge is 0.119 e. The van der Waals surface area contributed by atoms with Gasteiger partial charge in [-0.25, -0.2) is 0 Å². The minimum Gasteiger partial charge on any atom is -0.497 e. The Kier molecular flexibility index (Phi) is 6.23. The SMILES string of the molecule is C=C(Cc1ccccc1)Nc1ccc(N2CCN(c3ccc(OC)cc3)CC2)cc1. The third kappa shape index (κ3) is 4.95. The molecule has 0 spiro atoms. The number of nitrogens with one attached hydrogen (secondary N) is 1. The van der Waals surface area contributed by atoms with Gasteiger partial charge in [0.05, 0.1) is 7.11 Å². The van der Waals surface area contributed by atoms with E-state index in [0.717, 1.165) is 49.7 Å². The molecule has 4 heteroatoms. The van der Waals surface area contributed by atoms with Gasteiger partial charge in [0.15, 0.2) is 0 Å². The molecule has 0 atom stereocenters. The van der Waals surface area contributed by atoms with Crippen molar-refractivity contribution in [1.82, 2.24) is 0 Å². The van der Waals surface area contributed by atoms with Gasteiger partial charge < -0.3 is 19.9 Å². The molecule has 0 bridgehead atoms. The van der Waals surface area contributed by atoms with E-state index in [0.29, 0.717) is 0 Å². The largest absolute Gasteiger partial charge is 0.497 e. The van der Waals surface area contributed by atoms with Crippen LogP contribution in [0.25, 0.3) is 0 Å². The average molecular weight is 400 g/mol. The first-order valence-electron chi connectivity index (χ1n) is 10.4. The fraction of sp³-hybridized carbons (Fsp3) is 0.231. The molecule has 0 unspecified atom stereocenters. The molecule has 4 rings (SSSR count). The van der Waals surface area contributed by atoms with Crippen molar-refractivity contribution in [3.63, 3.8) is 0 Å². The molecule has 4 nitrogen and oxygen atoms in total. The van der Waals surface area contributed by atoms with E-state index in [1.165, 1.54) is 16.9 Å². The highest BCUT2D eigenvalue weighted by Crippen LogP contribution is 2.24. The van der Waals surface area contributed by atoms with Crippen molar-refractivity contribution >= 4 is 17.1 Å². The lowest BCUT2D eigenvalue weighted by Crippen LogP contribution is -2.46. The van der Waals surface area contributed by atoms with E-state index in [1.807, 2.05) is 18.2 Å².